The minimum absolute atomic E-state index is 0.00614. The maximum atomic E-state index is 15.3. The highest BCUT2D eigenvalue weighted by Gasteiger charge is 2.33. The van der Waals surface area contributed by atoms with Crippen molar-refractivity contribution in [3.05, 3.63) is 215 Å². The molecule has 6 aromatic rings. The van der Waals surface area contributed by atoms with Crippen molar-refractivity contribution in [3.8, 4) is 0 Å². The second-order valence-corrected chi connectivity index (χ2v) is 25.0. The third-order valence-corrected chi connectivity index (χ3v) is 15.5. The van der Waals surface area contributed by atoms with Crippen LogP contribution in [-0.4, -0.2) is 161 Å². The maximum Gasteiger partial charge on any atom is 0.410 e. The van der Waals surface area contributed by atoms with Crippen molar-refractivity contribution in [2.45, 2.75) is 131 Å². The van der Waals surface area contributed by atoms with Crippen LogP contribution in [0.2, 0.25) is 0 Å². The van der Waals surface area contributed by atoms with E-state index in [1.807, 2.05) is 203 Å². The lowest BCUT2D eigenvalue weighted by atomic mass is 10.1. The fourth-order valence-corrected chi connectivity index (χ4v) is 10.4. The number of rotatable bonds is 36. The van der Waals surface area contributed by atoms with Gasteiger partial charge in [0.05, 0.1) is 77.3 Å². The molecule has 0 unspecified atom stereocenters. The van der Waals surface area contributed by atoms with Crippen LogP contribution in [0.4, 0.5) is 4.79 Å². The van der Waals surface area contributed by atoms with Crippen LogP contribution in [0.15, 0.2) is 182 Å². The summed E-state index contributed by atoms with van der Waals surface area (Å²) in [4.78, 5) is 111. The van der Waals surface area contributed by atoms with Crippen LogP contribution in [0.3, 0.4) is 0 Å². The van der Waals surface area contributed by atoms with Crippen LogP contribution >= 0.6 is 0 Å². The van der Waals surface area contributed by atoms with E-state index < -0.39 is 77.5 Å². The number of benzene rings is 6. The Kier molecular flexibility index (Phi) is 29.7. The SMILES string of the molecule is C[C@@H](c1ccccc1)N(CCC(=O)OC(C)(C)C)C(=O)CN(CCOCc1ccccc1)C(=O)CCN(C(=O)CN(CCOCc1ccccc1)C(=O)CCN(C(=O)CN(CCOCc1ccccc1)C(=O)OC(C)(C)C)[C@@H](C)c1ccccc1)[C@@H](C)c1ccccc1. The number of esters is 1. The molecule has 6 amide bonds. The van der Waals surface area contributed by atoms with Crippen LogP contribution < -0.4 is 0 Å². The van der Waals surface area contributed by atoms with Gasteiger partial charge in [0.15, 0.2) is 0 Å². The molecule has 0 fully saturated rings. The van der Waals surface area contributed by atoms with Crippen molar-refractivity contribution in [1.29, 1.82) is 0 Å². The van der Waals surface area contributed by atoms with Gasteiger partial charge in [-0.05, 0) is 95.7 Å². The second-order valence-electron chi connectivity index (χ2n) is 25.0. The van der Waals surface area contributed by atoms with Crippen LogP contribution in [0, 0.1) is 0 Å². The van der Waals surface area contributed by atoms with E-state index in [2.05, 4.69) is 0 Å². The van der Waals surface area contributed by atoms with E-state index in [-0.39, 0.29) is 105 Å². The molecule has 0 bridgehead atoms. The Hall–Kier alpha value is -8.71. The first-order valence-corrected chi connectivity index (χ1v) is 32.2. The molecule has 0 saturated carbocycles. The van der Waals surface area contributed by atoms with Crippen molar-refractivity contribution in [3.63, 3.8) is 0 Å². The summed E-state index contributed by atoms with van der Waals surface area (Å²) in [7, 11) is 0. The molecule has 0 heterocycles. The van der Waals surface area contributed by atoms with E-state index in [0.29, 0.717) is 6.61 Å². The molecule has 0 saturated heterocycles. The van der Waals surface area contributed by atoms with Gasteiger partial charge in [-0.15, -0.1) is 0 Å². The summed E-state index contributed by atoms with van der Waals surface area (Å²) >= 11 is 0. The van der Waals surface area contributed by atoms with Gasteiger partial charge in [0, 0.05) is 52.1 Å². The molecule has 6 aromatic carbocycles. The lowest BCUT2D eigenvalue weighted by molar-refractivity contribution is -0.156. The number of nitrogens with zero attached hydrogens (tertiary/aromatic N) is 6. The summed E-state index contributed by atoms with van der Waals surface area (Å²) < 4.78 is 29.6. The Morgan fingerprint density at radius 1 is 0.333 bits per heavy atom. The van der Waals surface area contributed by atoms with Crippen LogP contribution in [0.1, 0.15) is 133 Å². The first-order chi connectivity index (χ1) is 44.5. The Labute approximate surface area is 550 Å². The highest BCUT2D eigenvalue weighted by Crippen LogP contribution is 2.26. The molecule has 498 valence electrons. The van der Waals surface area contributed by atoms with Gasteiger partial charge in [-0.1, -0.05) is 182 Å². The minimum atomic E-state index is -0.863. The van der Waals surface area contributed by atoms with Gasteiger partial charge in [0.1, 0.15) is 17.7 Å². The zero-order valence-corrected chi connectivity index (χ0v) is 55.9. The molecule has 0 radical (unpaired) electrons. The van der Waals surface area contributed by atoms with E-state index in [4.69, 9.17) is 23.7 Å². The second kappa shape index (κ2) is 37.7. The van der Waals surface area contributed by atoms with Gasteiger partial charge in [-0.3, -0.25) is 33.7 Å². The molecule has 0 aliphatic rings. The Balaban J connectivity index is 1.26. The predicted octanol–water partition coefficient (Wildman–Crippen LogP) is 11.8. The summed E-state index contributed by atoms with van der Waals surface area (Å²) in [5, 5.41) is 0. The lowest BCUT2D eigenvalue weighted by Crippen LogP contribution is -2.49. The number of carbonyl (C=O) groups is 7. The topological polar surface area (TPSA) is 185 Å². The molecule has 3 atom stereocenters. The number of hydrogen-bond acceptors (Lipinski definition) is 12. The minimum Gasteiger partial charge on any atom is -0.460 e. The quantitative estimate of drug-likeness (QED) is 0.0268. The van der Waals surface area contributed by atoms with Gasteiger partial charge < -0.3 is 48.2 Å². The molecule has 0 aromatic heterocycles. The van der Waals surface area contributed by atoms with Gasteiger partial charge >= 0.3 is 12.1 Å². The highest BCUT2D eigenvalue weighted by atomic mass is 16.6. The van der Waals surface area contributed by atoms with Gasteiger partial charge in [-0.25, -0.2) is 4.79 Å². The number of hydrogen-bond donors (Lipinski definition) is 0. The van der Waals surface area contributed by atoms with Crippen molar-refractivity contribution in [1.82, 2.24) is 29.4 Å². The van der Waals surface area contributed by atoms with Crippen molar-refractivity contribution in [2.24, 2.45) is 0 Å². The third kappa shape index (κ3) is 26.1. The molecular formula is C75H96N6O12. The standard InChI is InChI=1S/C75H96N6O12/c1-58(64-34-22-13-23-35-64)79(43-40-67(82)77(47-50-90-56-62-30-18-11-19-31-62)53-70(85)81(45-42-72(87)92-74(4,5)6)60(3)66-38-26-15-27-39-66)69(84)52-76(46-49-89-55-61-28-16-10-17-29-61)68(83)41-44-80(59(2)65-36-24-14-25-37-65)71(86)54-78(73(88)93-75(7,8)9)48-51-91-57-63-32-20-12-21-33-63/h10-39,58-60H,40-57H2,1-9H3/t58-,59-,60-/m0/s1. The number of carbonyl (C=O) groups excluding carboxylic acids is 7. The van der Waals surface area contributed by atoms with E-state index >= 15 is 9.59 Å². The van der Waals surface area contributed by atoms with Crippen LogP contribution in [0.25, 0.3) is 0 Å². The Morgan fingerprint density at radius 2 is 0.602 bits per heavy atom. The highest BCUT2D eigenvalue weighted by molar-refractivity contribution is 5.88. The van der Waals surface area contributed by atoms with Crippen molar-refractivity contribution in [2.75, 3.05) is 78.7 Å². The molecule has 18 heteroatoms. The zero-order valence-electron chi connectivity index (χ0n) is 55.9. The summed E-state index contributed by atoms with van der Waals surface area (Å²) in [5.41, 5.74) is 3.63. The largest absolute Gasteiger partial charge is 0.460 e. The fraction of sp³-hybridized carbons (Fsp3) is 0.427. The predicted molar refractivity (Wildman–Crippen MR) is 359 cm³/mol. The first kappa shape index (κ1) is 73.3. The monoisotopic (exact) mass is 1270 g/mol. The first-order valence-electron chi connectivity index (χ1n) is 32.2. The molecule has 18 nitrogen and oxygen atoms in total. The van der Waals surface area contributed by atoms with E-state index in [1.54, 1.807) is 56.2 Å². The molecule has 0 N–H and O–H groups in total. The zero-order chi connectivity index (χ0) is 67.2. The average Bonchev–Trinajstić information content (AvgIpc) is 0.971. The summed E-state index contributed by atoms with van der Waals surface area (Å²) in [6, 6.07) is 55.4. The van der Waals surface area contributed by atoms with Gasteiger partial charge in [-0.2, -0.15) is 0 Å². The van der Waals surface area contributed by atoms with Crippen LogP contribution in [-0.2, 0) is 72.3 Å². The smallest absolute Gasteiger partial charge is 0.410 e. The van der Waals surface area contributed by atoms with Crippen molar-refractivity contribution >= 4 is 41.6 Å². The Bertz CT molecular complexity index is 3220. The third-order valence-electron chi connectivity index (χ3n) is 15.5. The molecule has 0 aliphatic carbocycles. The molecular weight excluding hydrogens is 1180 g/mol. The summed E-state index contributed by atoms with van der Waals surface area (Å²) in [6.45, 7) is 16.1. The molecule has 93 heavy (non-hydrogen) atoms. The summed E-state index contributed by atoms with van der Waals surface area (Å²) in [6.07, 6.45) is -1.18. The maximum absolute atomic E-state index is 15.3. The fourth-order valence-electron chi connectivity index (χ4n) is 10.4. The Morgan fingerprint density at radius 3 is 0.903 bits per heavy atom. The molecule has 0 aliphatic heterocycles. The van der Waals surface area contributed by atoms with E-state index in [0.717, 1.165) is 33.4 Å². The summed E-state index contributed by atoms with van der Waals surface area (Å²) in [5.74, 6) is -2.62. The van der Waals surface area contributed by atoms with Gasteiger partial charge in [0.25, 0.3) is 0 Å². The molecule has 6 rings (SSSR count). The van der Waals surface area contributed by atoms with E-state index in [9.17, 15) is 24.0 Å². The van der Waals surface area contributed by atoms with Crippen molar-refractivity contribution < 1.29 is 57.2 Å². The normalized spacial score (nSPS) is 12.4. The van der Waals surface area contributed by atoms with Gasteiger partial charge in [0.2, 0.25) is 29.5 Å². The number of ether oxygens (including phenoxy) is 5. The van der Waals surface area contributed by atoms with E-state index in [1.165, 1.54) is 14.7 Å². The lowest BCUT2D eigenvalue weighted by Gasteiger charge is -2.35. The number of amides is 6. The average molecular weight is 1270 g/mol. The van der Waals surface area contributed by atoms with Crippen LogP contribution in [0.5, 0.6) is 0 Å². The molecule has 0 spiro atoms.